The van der Waals surface area contributed by atoms with E-state index in [1.807, 2.05) is 4.90 Å². The standard InChI is InChI=1S/C8H16N2O/c9-5-1-2-6-10-7-3-4-8(10)11/h1-7,9H2. The number of carbonyl (C=O) groups is 1. The minimum Gasteiger partial charge on any atom is -0.343 e. The molecule has 0 unspecified atom stereocenters. The number of carbonyl (C=O) groups excluding carboxylic acids is 1. The summed E-state index contributed by atoms with van der Waals surface area (Å²) in [5.41, 5.74) is 5.34. The Morgan fingerprint density at radius 3 is 2.82 bits per heavy atom. The number of nitrogens with zero attached hydrogens (tertiary/aromatic N) is 1. The van der Waals surface area contributed by atoms with E-state index in [0.717, 1.165) is 45.3 Å². The van der Waals surface area contributed by atoms with Crippen LogP contribution in [0.15, 0.2) is 0 Å². The predicted molar refractivity (Wildman–Crippen MR) is 44.1 cm³/mol. The molecule has 3 nitrogen and oxygen atoms in total. The summed E-state index contributed by atoms with van der Waals surface area (Å²) in [5.74, 6) is 0.321. The van der Waals surface area contributed by atoms with E-state index in [1.54, 1.807) is 0 Å². The van der Waals surface area contributed by atoms with Gasteiger partial charge in [0.25, 0.3) is 0 Å². The van der Waals surface area contributed by atoms with E-state index in [4.69, 9.17) is 5.73 Å². The molecular formula is C8H16N2O. The molecule has 0 aliphatic carbocycles. The van der Waals surface area contributed by atoms with Gasteiger partial charge in [-0.2, -0.15) is 0 Å². The van der Waals surface area contributed by atoms with Crippen LogP contribution in [0.5, 0.6) is 0 Å². The fourth-order valence-corrected chi connectivity index (χ4v) is 1.39. The molecule has 64 valence electrons. The van der Waals surface area contributed by atoms with Crippen molar-refractivity contribution in [1.29, 1.82) is 0 Å². The van der Waals surface area contributed by atoms with Crippen LogP contribution in [-0.4, -0.2) is 30.4 Å². The topological polar surface area (TPSA) is 46.3 Å². The second kappa shape index (κ2) is 4.34. The fourth-order valence-electron chi connectivity index (χ4n) is 1.39. The number of nitrogens with two attached hydrogens (primary N) is 1. The molecule has 0 radical (unpaired) electrons. The second-order valence-electron chi connectivity index (χ2n) is 2.98. The van der Waals surface area contributed by atoms with Crippen LogP contribution in [-0.2, 0) is 4.79 Å². The average Bonchev–Trinajstić information content (AvgIpc) is 2.37. The summed E-state index contributed by atoms with van der Waals surface area (Å²) in [6.07, 6.45) is 3.89. The predicted octanol–water partition coefficient (Wildman–Crippen LogP) is 0.348. The Morgan fingerprint density at radius 1 is 1.45 bits per heavy atom. The highest BCUT2D eigenvalue weighted by Crippen LogP contribution is 2.09. The highest BCUT2D eigenvalue weighted by molar-refractivity contribution is 5.77. The molecule has 1 aliphatic heterocycles. The molecule has 1 aliphatic rings. The Balaban J connectivity index is 2.10. The maximum atomic E-state index is 11.1. The number of rotatable bonds is 4. The van der Waals surface area contributed by atoms with Crippen molar-refractivity contribution in [3.8, 4) is 0 Å². The zero-order valence-electron chi connectivity index (χ0n) is 6.88. The molecule has 0 aromatic heterocycles. The Hall–Kier alpha value is -0.570. The molecule has 0 aromatic carbocycles. The first-order chi connectivity index (χ1) is 5.34. The summed E-state index contributed by atoms with van der Waals surface area (Å²) >= 11 is 0. The molecule has 11 heavy (non-hydrogen) atoms. The lowest BCUT2D eigenvalue weighted by Gasteiger charge is -2.14. The fraction of sp³-hybridized carbons (Fsp3) is 0.875. The largest absolute Gasteiger partial charge is 0.343 e. The van der Waals surface area contributed by atoms with E-state index < -0.39 is 0 Å². The van der Waals surface area contributed by atoms with Crippen LogP contribution < -0.4 is 5.73 Å². The quantitative estimate of drug-likeness (QED) is 0.597. The first-order valence-electron chi connectivity index (χ1n) is 4.32. The summed E-state index contributed by atoms with van der Waals surface area (Å²) in [6, 6.07) is 0. The van der Waals surface area contributed by atoms with Crippen molar-refractivity contribution >= 4 is 5.91 Å². The molecule has 2 N–H and O–H groups in total. The van der Waals surface area contributed by atoms with Gasteiger partial charge in [0.05, 0.1) is 0 Å². The minimum atomic E-state index is 0.321. The van der Waals surface area contributed by atoms with Crippen molar-refractivity contribution < 1.29 is 4.79 Å². The smallest absolute Gasteiger partial charge is 0.222 e. The van der Waals surface area contributed by atoms with Gasteiger partial charge in [-0.05, 0) is 25.8 Å². The van der Waals surface area contributed by atoms with Gasteiger partial charge in [-0.1, -0.05) is 0 Å². The summed E-state index contributed by atoms with van der Waals surface area (Å²) in [4.78, 5) is 13.0. The van der Waals surface area contributed by atoms with Crippen molar-refractivity contribution in [2.24, 2.45) is 5.73 Å². The average molecular weight is 156 g/mol. The maximum Gasteiger partial charge on any atom is 0.222 e. The van der Waals surface area contributed by atoms with E-state index in [2.05, 4.69) is 0 Å². The molecular weight excluding hydrogens is 140 g/mol. The zero-order valence-corrected chi connectivity index (χ0v) is 6.88. The van der Waals surface area contributed by atoms with Gasteiger partial charge < -0.3 is 10.6 Å². The molecule has 0 bridgehead atoms. The minimum absolute atomic E-state index is 0.321. The third-order valence-corrected chi connectivity index (χ3v) is 2.05. The maximum absolute atomic E-state index is 11.1. The Labute approximate surface area is 67.5 Å². The zero-order chi connectivity index (χ0) is 8.10. The van der Waals surface area contributed by atoms with Gasteiger partial charge in [-0.25, -0.2) is 0 Å². The van der Waals surface area contributed by atoms with Crippen molar-refractivity contribution in [2.75, 3.05) is 19.6 Å². The first kappa shape index (κ1) is 8.53. The van der Waals surface area contributed by atoms with Crippen LogP contribution in [0, 0.1) is 0 Å². The molecule has 0 atom stereocenters. The van der Waals surface area contributed by atoms with Gasteiger partial charge in [-0.15, -0.1) is 0 Å². The van der Waals surface area contributed by atoms with Crippen LogP contribution in [0.4, 0.5) is 0 Å². The molecule has 1 rings (SSSR count). The molecule has 0 spiro atoms. The SMILES string of the molecule is NCCCCN1CCCC1=O. The third-order valence-electron chi connectivity index (χ3n) is 2.05. The van der Waals surface area contributed by atoms with Crippen molar-refractivity contribution in [1.82, 2.24) is 4.90 Å². The Bertz CT molecular complexity index is 136. The number of likely N-dealkylation sites (tertiary alicyclic amines) is 1. The van der Waals surface area contributed by atoms with Crippen LogP contribution in [0.25, 0.3) is 0 Å². The van der Waals surface area contributed by atoms with Gasteiger partial charge in [0.2, 0.25) is 5.91 Å². The Kier molecular flexibility index (Phi) is 3.36. The Morgan fingerprint density at radius 2 is 2.27 bits per heavy atom. The van der Waals surface area contributed by atoms with Crippen LogP contribution in [0.2, 0.25) is 0 Å². The molecule has 0 aromatic rings. The highest BCUT2D eigenvalue weighted by Gasteiger charge is 2.18. The number of unbranched alkanes of at least 4 members (excludes halogenated alkanes) is 1. The molecule has 3 heteroatoms. The molecule has 1 saturated heterocycles. The van der Waals surface area contributed by atoms with Crippen LogP contribution >= 0.6 is 0 Å². The van der Waals surface area contributed by atoms with Gasteiger partial charge in [-0.3, -0.25) is 4.79 Å². The highest BCUT2D eigenvalue weighted by atomic mass is 16.2. The van der Waals surface area contributed by atoms with E-state index in [9.17, 15) is 4.79 Å². The molecule has 0 saturated carbocycles. The number of hydrogen-bond donors (Lipinski definition) is 1. The normalized spacial score (nSPS) is 17.9. The summed E-state index contributed by atoms with van der Waals surface area (Å²) < 4.78 is 0. The number of hydrogen-bond acceptors (Lipinski definition) is 2. The summed E-state index contributed by atoms with van der Waals surface area (Å²) in [5, 5.41) is 0. The van der Waals surface area contributed by atoms with E-state index in [1.165, 1.54) is 0 Å². The van der Waals surface area contributed by atoms with E-state index in [0.29, 0.717) is 5.91 Å². The van der Waals surface area contributed by atoms with Gasteiger partial charge in [0, 0.05) is 19.5 Å². The van der Waals surface area contributed by atoms with E-state index >= 15 is 0 Å². The lowest BCUT2D eigenvalue weighted by molar-refractivity contribution is -0.127. The van der Waals surface area contributed by atoms with Crippen molar-refractivity contribution in [2.45, 2.75) is 25.7 Å². The van der Waals surface area contributed by atoms with E-state index in [-0.39, 0.29) is 0 Å². The lowest BCUT2D eigenvalue weighted by Crippen LogP contribution is -2.25. The lowest BCUT2D eigenvalue weighted by atomic mass is 10.3. The van der Waals surface area contributed by atoms with Crippen LogP contribution in [0.1, 0.15) is 25.7 Å². The molecule has 1 amide bonds. The number of amides is 1. The van der Waals surface area contributed by atoms with Gasteiger partial charge >= 0.3 is 0 Å². The summed E-state index contributed by atoms with van der Waals surface area (Å²) in [7, 11) is 0. The third kappa shape index (κ3) is 2.50. The van der Waals surface area contributed by atoms with Gasteiger partial charge in [0.1, 0.15) is 0 Å². The second-order valence-corrected chi connectivity index (χ2v) is 2.98. The monoisotopic (exact) mass is 156 g/mol. The van der Waals surface area contributed by atoms with Crippen molar-refractivity contribution in [3.63, 3.8) is 0 Å². The summed E-state index contributed by atoms with van der Waals surface area (Å²) in [6.45, 7) is 2.61. The van der Waals surface area contributed by atoms with Crippen molar-refractivity contribution in [3.05, 3.63) is 0 Å². The first-order valence-corrected chi connectivity index (χ1v) is 4.32. The van der Waals surface area contributed by atoms with Crippen LogP contribution in [0.3, 0.4) is 0 Å². The molecule has 1 heterocycles. The molecule has 1 fully saturated rings. The van der Waals surface area contributed by atoms with Gasteiger partial charge in [0.15, 0.2) is 0 Å².